The number of nitrogens with one attached hydrogen (secondary N) is 3. The van der Waals surface area contributed by atoms with Crippen LogP contribution in [0.25, 0.3) is 46.9 Å². The van der Waals surface area contributed by atoms with Crippen molar-refractivity contribution in [2.45, 2.75) is 70.2 Å². The molecular formula is C68H65FN10O10. The Hall–Kier alpha value is -10.7. The normalized spacial score (nSPS) is 17.0. The Morgan fingerprint density at radius 1 is 0.596 bits per heavy atom. The Morgan fingerprint density at radius 3 is 1.43 bits per heavy atom. The van der Waals surface area contributed by atoms with E-state index in [2.05, 4.69) is 81.0 Å². The minimum absolute atomic E-state index is 0.0201. The first-order valence-electron chi connectivity index (χ1n) is 28.4. The van der Waals surface area contributed by atoms with Crippen molar-refractivity contribution in [2.24, 2.45) is 5.92 Å². The molecule has 3 aliphatic rings. The Labute approximate surface area is 516 Å². The Balaban J connectivity index is 0.000000173. The molecule has 10 rings (SSSR count). The average Bonchev–Trinajstić information content (AvgIpc) is 2.53. The van der Waals surface area contributed by atoms with Gasteiger partial charge in [0.1, 0.15) is 43.7 Å². The van der Waals surface area contributed by atoms with Gasteiger partial charge in [0, 0.05) is 77.3 Å². The highest BCUT2D eigenvalue weighted by Gasteiger charge is 2.42. The lowest BCUT2D eigenvalue weighted by Crippen LogP contribution is -2.34. The zero-order valence-corrected chi connectivity index (χ0v) is 50.6. The maximum absolute atomic E-state index is 14.0. The van der Waals surface area contributed by atoms with E-state index < -0.39 is 24.0 Å². The highest BCUT2D eigenvalue weighted by atomic mass is 19.1. The summed E-state index contributed by atoms with van der Waals surface area (Å²) < 4.78 is 52.8. The fraction of sp³-hybridized carbons (Fsp3) is 0.338. The number of amides is 3. The van der Waals surface area contributed by atoms with Gasteiger partial charge in [0.25, 0.3) is 5.91 Å². The molecule has 3 amide bonds. The summed E-state index contributed by atoms with van der Waals surface area (Å²) >= 11 is 0. The van der Waals surface area contributed by atoms with Crippen LogP contribution >= 0.6 is 0 Å². The number of ether oxygens (including phenoxy) is 7. The van der Waals surface area contributed by atoms with Gasteiger partial charge >= 0.3 is 0 Å². The summed E-state index contributed by atoms with van der Waals surface area (Å²) in [6.45, 7) is 27.8. The van der Waals surface area contributed by atoms with E-state index in [4.69, 9.17) is 52.9 Å². The van der Waals surface area contributed by atoms with Crippen molar-refractivity contribution in [1.29, 1.82) is 0 Å². The fourth-order valence-electron chi connectivity index (χ4n) is 9.92. The van der Waals surface area contributed by atoms with Crippen molar-refractivity contribution in [2.75, 3.05) is 75.5 Å². The van der Waals surface area contributed by atoms with Gasteiger partial charge in [0.15, 0.2) is 6.17 Å². The third kappa shape index (κ3) is 16.0. The first-order chi connectivity index (χ1) is 43.1. The zero-order chi connectivity index (χ0) is 63.6. The third-order valence-corrected chi connectivity index (χ3v) is 14.6. The van der Waals surface area contributed by atoms with Crippen molar-refractivity contribution < 1.29 is 51.9 Å². The van der Waals surface area contributed by atoms with Crippen LogP contribution in [0, 0.1) is 68.1 Å². The highest BCUT2D eigenvalue weighted by Crippen LogP contribution is 2.40. The molecule has 0 saturated carbocycles. The molecule has 21 heteroatoms. The van der Waals surface area contributed by atoms with E-state index in [1.54, 1.807) is 62.1 Å². The molecule has 0 aliphatic carbocycles. The molecule has 4 aromatic carbocycles. The summed E-state index contributed by atoms with van der Waals surface area (Å²) in [4.78, 5) is 60.4. The molecule has 454 valence electrons. The van der Waals surface area contributed by atoms with E-state index in [9.17, 15) is 18.8 Å². The number of benzene rings is 4. The molecular weight excluding hydrogens is 1140 g/mol. The van der Waals surface area contributed by atoms with Crippen LogP contribution in [0.4, 0.5) is 21.5 Å². The number of fused-ring (bicyclic) bond motifs is 3. The van der Waals surface area contributed by atoms with E-state index in [1.807, 2.05) is 57.1 Å². The van der Waals surface area contributed by atoms with Crippen LogP contribution in [-0.4, -0.2) is 137 Å². The van der Waals surface area contributed by atoms with Crippen LogP contribution in [0.3, 0.4) is 0 Å². The Kier molecular flexibility index (Phi) is 22.1. The first-order valence-corrected chi connectivity index (χ1v) is 28.4. The highest BCUT2D eigenvalue weighted by molar-refractivity contribution is 5.98. The molecule has 3 N–H and O–H groups in total. The van der Waals surface area contributed by atoms with E-state index in [0.29, 0.717) is 118 Å². The molecule has 5 atom stereocenters. The Bertz CT molecular complexity index is 4140. The van der Waals surface area contributed by atoms with Crippen LogP contribution in [-0.2, 0) is 19.1 Å². The number of hydrogen-bond donors (Lipinski definition) is 3. The van der Waals surface area contributed by atoms with Crippen molar-refractivity contribution in [3.05, 3.63) is 141 Å². The number of pyridine rings is 3. The number of carbonyl (C=O) groups is 3. The topological polar surface area (TPSA) is 207 Å². The quantitative estimate of drug-likeness (QED) is 0.0646. The minimum atomic E-state index is -1.53. The predicted molar refractivity (Wildman–Crippen MR) is 334 cm³/mol. The van der Waals surface area contributed by atoms with Crippen LogP contribution in [0.1, 0.15) is 66.8 Å². The molecule has 0 bridgehead atoms. The smallest absolute Gasteiger partial charge is 0.255 e. The van der Waals surface area contributed by atoms with Crippen molar-refractivity contribution in [3.8, 4) is 70.4 Å². The zero-order valence-electron chi connectivity index (χ0n) is 50.6. The minimum Gasteiger partial charge on any atom is -0.508 e. The lowest BCUT2D eigenvalue weighted by Gasteiger charge is -2.19. The summed E-state index contributed by atoms with van der Waals surface area (Å²) in [5.41, 5.74) is 5.26. The summed E-state index contributed by atoms with van der Waals surface area (Å²) in [5, 5.41) is 12.7. The van der Waals surface area contributed by atoms with Gasteiger partial charge in [-0.2, -0.15) is 0 Å². The number of halogens is 1. The van der Waals surface area contributed by atoms with Crippen molar-refractivity contribution >= 4 is 67.1 Å². The molecule has 89 heavy (non-hydrogen) atoms. The van der Waals surface area contributed by atoms with E-state index >= 15 is 0 Å². The third-order valence-electron chi connectivity index (χ3n) is 14.6. The van der Waals surface area contributed by atoms with E-state index in [0.717, 1.165) is 40.1 Å². The van der Waals surface area contributed by atoms with Gasteiger partial charge in [0.2, 0.25) is 46.5 Å². The number of alkyl halides is 1. The monoisotopic (exact) mass is 1200 g/mol. The molecule has 20 nitrogen and oxygen atoms in total. The van der Waals surface area contributed by atoms with Crippen molar-refractivity contribution in [3.63, 3.8) is 0 Å². The van der Waals surface area contributed by atoms with Gasteiger partial charge in [-0.05, 0) is 105 Å². The Morgan fingerprint density at radius 2 is 1.03 bits per heavy atom. The number of rotatable bonds is 15. The summed E-state index contributed by atoms with van der Waals surface area (Å²) in [6, 6.07) is 17.9. The molecule has 3 saturated heterocycles. The second-order valence-electron chi connectivity index (χ2n) is 21.0. The number of hydrogen-bond acceptors (Lipinski definition) is 14. The summed E-state index contributed by atoms with van der Waals surface area (Å²) in [6.07, 6.45) is 6.37. The van der Waals surface area contributed by atoms with Crippen LogP contribution in [0.5, 0.6) is 34.9 Å². The van der Waals surface area contributed by atoms with Gasteiger partial charge in [0.05, 0.1) is 71.3 Å². The lowest BCUT2D eigenvalue weighted by atomic mass is 9.97. The van der Waals surface area contributed by atoms with Gasteiger partial charge < -0.3 is 49.1 Å². The van der Waals surface area contributed by atoms with Crippen molar-refractivity contribution in [1.82, 2.24) is 35.8 Å². The number of aromatic nitrogens is 3. The molecule has 0 radical (unpaired) electrons. The van der Waals surface area contributed by atoms with Crippen LogP contribution in [0.2, 0.25) is 0 Å². The molecule has 3 aromatic heterocycles. The van der Waals surface area contributed by atoms with Crippen LogP contribution < -0.4 is 44.4 Å². The average molecular weight is 1200 g/mol. The number of carbonyl (C=O) groups excluding carboxylic acids is 3. The molecule has 3 fully saturated rings. The van der Waals surface area contributed by atoms with Gasteiger partial charge in [-0.25, -0.2) is 33.9 Å². The SMILES string of the molecule is [C-]#[N+]c1cc2c(C#CCN(C)C)cnc(OC[C@@H]3CCC(=O)N3)c2cc1OC.[C-]#[N+]c1cc2c(C#CCOC)cnc(OC[C@H]3NC(=O)[C@@H](F)[C@H]3CC)c2cc1OC.[C-]#[N+]c1cc2c(C#Cc3ccc(C)cc3)cnc(OC[C@@H]3CCC(=O)N3)c2cc1OC. The van der Waals surface area contributed by atoms with E-state index in [1.165, 1.54) is 26.9 Å². The second-order valence-corrected chi connectivity index (χ2v) is 21.0. The molecule has 6 heterocycles. The maximum atomic E-state index is 14.0. The second kappa shape index (κ2) is 30.6. The van der Waals surface area contributed by atoms with E-state index in [-0.39, 0.29) is 37.1 Å². The molecule has 7 aromatic rings. The number of nitrogens with zero attached hydrogens (tertiary/aromatic N) is 7. The first kappa shape index (κ1) is 64.3. The van der Waals surface area contributed by atoms with Gasteiger partial charge in [-0.1, -0.05) is 60.1 Å². The van der Waals surface area contributed by atoms with Gasteiger partial charge in [-0.15, -0.1) is 0 Å². The standard InChI is InChI=1S/C25H21N3O3.C22H22FN3O4.C21H22N4O3/c1-16-4-6-17(7-5-16)8-9-18-14-27-25(31-15-19-10-11-24(29)28-19)21-13-23(30-3)22(26-2)12-20(18)21;1-5-14-18(26-21(27)20(14)23)12-30-22-16-10-19(29-4)17(24-2)9-15(16)13(11-25-22)7-6-8-28-3;1-22-18-10-16-14(6-5-9-25(2)3)12-23-21(17(16)11-19(18)27-4)28-13-15-7-8-20(26)24-15/h4-7,12-14,19H,10-11,15H2,1,3H3,(H,28,29);9-11,14,18,20H,5,8,12H2,1,3-4H3,(H,26,27);10-12,15H,7-9,13H2,2-4H3,(H,24,26)/t19-;14-,18+,20-;15-/m000/s1. The molecule has 3 aliphatic heterocycles. The largest absolute Gasteiger partial charge is 0.508 e. The van der Waals surface area contributed by atoms with Crippen LogP contribution in [0.15, 0.2) is 79.3 Å². The maximum Gasteiger partial charge on any atom is 0.255 e. The molecule has 0 spiro atoms. The van der Waals surface area contributed by atoms with Gasteiger partial charge in [-0.3, -0.25) is 19.3 Å². The fourth-order valence-corrected chi connectivity index (χ4v) is 9.92. The lowest BCUT2D eigenvalue weighted by molar-refractivity contribution is -0.124. The number of aryl methyl sites for hydroxylation is 1. The molecule has 0 unspecified atom stereocenters. The summed E-state index contributed by atoms with van der Waals surface area (Å²) in [7, 11) is 9.99. The number of methoxy groups -OCH3 is 4. The summed E-state index contributed by atoms with van der Waals surface area (Å²) in [5.74, 6) is 19.9. The predicted octanol–water partition coefficient (Wildman–Crippen LogP) is 9.56.